The van der Waals surface area contributed by atoms with Gasteiger partial charge < -0.3 is 19.4 Å². The molecule has 1 aromatic carbocycles. The predicted octanol–water partition coefficient (Wildman–Crippen LogP) is 1.78. The van der Waals surface area contributed by atoms with E-state index >= 15 is 0 Å². The zero-order chi connectivity index (χ0) is 17.7. The van der Waals surface area contributed by atoms with Crippen LogP contribution < -0.4 is 5.32 Å². The summed E-state index contributed by atoms with van der Waals surface area (Å²) in [6.45, 7) is 0. The largest absolute Gasteiger partial charge is 0.465 e. The normalized spacial score (nSPS) is 10.1. The van der Waals surface area contributed by atoms with E-state index in [1.807, 2.05) is 30.1 Å². The molecule has 0 aliphatic heterocycles. The smallest absolute Gasteiger partial charge is 0.339 e. The molecule has 2 rings (SSSR count). The highest BCUT2D eigenvalue weighted by Gasteiger charge is 2.17. The Morgan fingerprint density at radius 1 is 1.08 bits per heavy atom. The molecule has 7 heteroatoms. The van der Waals surface area contributed by atoms with Crippen molar-refractivity contribution in [2.45, 2.75) is 6.42 Å². The summed E-state index contributed by atoms with van der Waals surface area (Å²) in [7, 11) is 4.35. The maximum atomic E-state index is 12.2. The summed E-state index contributed by atoms with van der Waals surface area (Å²) in [5, 5.41) is 2.65. The first-order valence-corrected chi connectivity index (χ1v) is 7.16. The van der Waals surface area contributed by atoms with Crippen LogP contribution in [0, 0.1) is 0 Å². The fourth-order valence-electron chi connectivity index (χ4n) is 2.23. The summed E-state index contributed by atoms with van der Waals surface area (Å²) in [5.74, 6) is -1.49. The fourth-order valence-corrected chi connectivity index (χ4v) is 2.23. The van der Waals surface area contributed by atoms with Crippen LogP contribution in [0.4, 0.5) is 5.69 Å². The number of hydrogen-bond donors (Lipinski definition) is 1. The van der Waals surface area contributed by atoms with Gasteiger partial charge in [-0.15, -0.1) is 0 Å². The second-order valence-corrected chi connectivity index (χ2v) is 5.15. The highest BCUT2D eigenvalue weighted by molar-refractivity contribution is 6.03. The van der Waals surface area contributed by atoms with Gasteiger partial charge in [0.25, 0.3) is 0 Å². The van der Waals surface area contributed by atoms with Crippen molar-refractivity contribution in [3.8, 4) is 0 Å². The number of aromatic nitrogens is 1. The van der Waals surface area contributed by atoms with E-state index in [2.05, 4.69) is 10.1 Å². The number of aryl methyl sites for hydroxylation is 1. The van der Waals surface area contributed by atoms with E-state index in [4.69, 9.17) is 4.74 Å². The Labute approximate surface area is 139 Å². The predicted molar refractivity (Wildman–Crippen MR) is 86.9 cm³/mol. The lowest BCUT2D eigenvalue weighted by atomic mass is 10.1. The summed E-state index contributed by atoms with van der Waals surface area (Å²) in [4.78, 5) is 35.7. The SMILES string of the molecule is COC(=O)c1ccc(C(=O)OC)c(NC(=O)Cc2ccn(C)c2)c1. The summed E-state index contributed by atoms with van der Waals surface area (Å²) < 4.78 is 11.2. The molecule has 1 heterocycles. The van der Waals surface area contributed by atoms with Gasteiger partial charge in [-0.05, 0) is 29.8 Å². The van der Waals surface area contributed by atoms with Gasteiger partial charge in [-0.25, -0.2) is 9.59 Å². The van der Waals surface area contributed by atoms with Gasteiger partial charge in [0.1, 0.15) is 0 Å². The van der Waals surface area contributed by atoms with Crippen LogP contribution in [0.1, 0.15) is 26.3 Å². The lowest BCUT2D eigenvalue weighted by molar-refractivity contribution is -0.115. The van der Waals surface area contributed by atoms with Gasteiger partial charge in [0.2, 0.25) is 5.91 Å². The fraction of sp³-hybridized carbons (Fsp3) is 0.235. The van der Waals surface area contributed by atoms with E-state index in [-0.39, 0.29) is 29.1 Å². The first kappa shape index (κ1) is 17.3. The number of anilines is 1. The van der Waals surface area contributed by atoms with Crippen LogP contribution in [0.15, 0.2) is 36.7 Å². The van der Waals surface area contributed by atoms with Gasteiger partial charge in [0.15, 0.2) is 0 Å². The van der Waals surface area contributed by atoms with Gasteiger partial charge in [-0.1, -0.05) is 0 Å². The van der Waals surface area contributed by atoms with E-state index in [9.17, 15) is 14.4 Å². The minimum atomic E-state index is -0.610. The van der Waals surface area contributed by atoms with E-state index < -0.39 is 11.9 Å². The first-order chi connectivity index (χ1) is 11.4. The molecule has 2 aromatic rings. The van der Waals surface area contributed by atoms with E-state index in [0.717, 1.165) is 5.56 Å². The summed E-state index contributed by atoms with van der Waals surface area (Å²) >= 11 is 0. The molecule has 0 aliphatic carbocycles. The third-order valence-electron chi connectivity index (χ3n) is 3.38. The zero-order valence-corrected chi connectivity index (χ0v) is 13.7. The van der Waals surface area contributed by atoms with Crippen LogP contribution in [0.2, 0.25) is 0 Å². The average molecular weight is 330 g/mol. The van der Waals surface area contributed by atoms with Gasteiger partial charge >= 0.3 is 11.9 Å². The Morgan fingerprint density at radius 3 is 2.38 bits per heavy atom. The van der Waals surface area contributed by atoms with Crippen LogP contribution in [0.25, 0.3) is 0 Å². The lowest BCUT2D eigenvalue weighted by Gasteiger charge is -2.11. The molecule has 1 N–H and O–H groups in total. The number of amides is 1. The van der Waals surface area contributed by atoms with Crippen molar-refractivity contribution in [1.29, 1.82) is 0 Å². The zero-order valence-electron chi connectivity index (χ0n) is 13.7. The van der Waals surface area contributed by atoms with Crippen molar-refractivity contribution in [2.75, 3.05) is 19.5 Å². The van der Waals surface area contributed by atoms with Crippen molar-refractivity contribution >= 4 is 23.5 Å². The van der Waals surface area contributed by atoms with Crippen LogP contribution in [0.5, 0.6) is 0 Å². The number of nitrogens with one attached hydrogen (secondary N) is 1. The molecule has 0 aliphatic rings. The maximum Gasteiger partial charge on any atom is 0.339 e. The molecule has 0 unspecified atom stereocenters. The molecule has 0 atom stereocenters. The second-order valence-electron chi connectivity index (χ2n) is 5.15. The van der Waals surface area contributed by atoms with Crippen molar-refractivity contribution in [2.24, 2.45) is 7.05 Å². The number of rotatable bonds is 5. The Hall–Kier alpha value is -3.09. The molecule has 0 fully saturated rings. The Bertz CT molecular complexity index is 779. The molecule has 1 amide bonds. The highest BCUT2D eigenvalue weighted by Crippen LogP contribution is 2.20. The number of carbonyl (C=O) groups is 3. The molecule has 7 nitrogen and oxygen atoms in total. The van der Waals surface area contributed by atoms with Gasteiger partial charge in [-0.3, -0.25) is 4.79 Å². The summed E-state index contributed by atoms with van der Waals surface area (Å²) in [5.41, 5.74) is 1.41. The number of esters is 2. The molecule has 0 saturated carbocycles. The third-order valence-corrected chi connectivity index (χ3v) is 3.38. The maximum absolute atomic E-state index is 12.2. The lowest BCUT2D eigenvalue weighted by Crippen LogP contribution is -2.18. The number of nitrogens with zero attached hydrogens (tertiary/aromatic N) is 1. The Morgan fingerprint density at radius 2 is 1.79 bits per heavy atom. The minimum absolute atomic E-state index is 0.143. The number of ether oxygens (including phenoxy) is 2. The van der Waals surface area contributed by atoms with Crippen molar-refractivity contribution in [3.05, 3.63) is 53.3 Å². The van der Waals surface area contributed by atoms with E-state index in [1.54, 1.807) is 0 Å². The molecule has 0 radical (unpaired) electrons. The molecule has 0 saturated heterocycles. The van der Waals surface area contributed by atoms with Crippen LogP contribution in [0.3, 0.4) is 0 Å². The second kappa shape index (κ2) is 7.45. The van der Waals surface area contributed by atoms with E-state index in [1.165, 1.54) is 32.4 Å². The third kappa shape index (κ3) is 4.01. The molecular formula is C17H18N2O5. The Balaban J connectivity index is 2.26. The number of methoxy groups -OCH3 is 2. The summed E-state index contributed by atoms with van der Waals surface area (Å²) in [6.07, 6.45) is 3.80. The quantitative estimate of drug-likeness (QED) is 0.845. The number of carbonyl (C=O) groups excluding carboxylic acids is 3. The molecule has 126 valence electrons. The number of hydrogen-bond acceptors (Lipinski definition) is 5. The molecule has 1 aromatic heterocycles. The van der Waals surface area contributed by atoms with Gasteiger partial charge in [-0.2, -0.15) is 0 Å². The van der Waals surface area contributed by atoms with Gasteiger partial charge in [0.05, 0.1) is 37.5 Å². The van der Waals surface area contributed by atoms with E-state index in [0.29, 0.717) is 0 Å². The summed E-state index contributed by atoms with van der Waals surface area (Å²) in [6, 6.07) is 6.06. The first-order valence-electron chi connectivity index (χ1n) is 7.16. The number of benzene rings is 1. The van der Waals surface area contributed by atoms with Gasteiger partial charge in [0, 0.05) is 19.4 Å². The van der Waals surface area contributed by atoms with Crippen molar-refractivity contribution < 1.29 is 23.9 Å². The van der Waals surface area contributed by atoms with Crippen LogP contribution in [-0.4, -0.2) is 36.6 Å². The van der Waals surface area contributed by atoms with Crippen LogP contribution in [-0.2, 0) is 27.7 Å². The highest BCUT2D eigenvalue weighted by atomic mass is 16.5. The standard InChI is InChI=1S/C17H18N2O5/c1-19-7-6-11(10-19)8-15(20)18-14-9-12(16(21)23-2)4-5-13(14)17(22)24-3/h4-7,9-10H,8H2,1-3H3,(H,18,20). The average Bonchev–Trinajstić information content (AvgIpc) is 2.97. The topological polar surface area (TPSA) is 86.6 Å². The molecule has 0 spiro atoms. The monoisotopic (exact) mass is 330 g/mol. The molecular weight excluding hydrogens is 312 g/mol. The minimum Gasteiger partial charge on any atom is -0.465 e. The molecule has 24 heavy (non-hydrogen) atoms. The van der Waals surface area contributed by atoms with Crippen molar-refractivity contribution in [1.82, 2.24) is 4.57 Å². The Kier molecular flexibility index (Phi) is 5.36. The molecule has 0 bridgehead atoms. The van der Waals surface area contributed by atoms with Crippen molar-refractivity contribution in [3.63, 3.8) is 0 Å². The van der Waals surface area contributed by atoms with Crippen LogP contribution >= 0.6 is 0 Å².